The highest BCUT2D eigenvalue weighted by atomic mass is 79.9. The zero-order chi connectivity index (χ0) is 15.6. The molecule has 1 aromatic heterocycles. The highest BCUT2D eigenvalue weighted by molar-refractivity contribution is 9.11. The van der Waals surface area contributed by atoms with Crippen LogP contribution in [0.1, 0.15) is 45.0 Å². The SMILES string of the molecule is CCOC(=O)[C@@H]1CCC([C@@](C)(O)c2ncc(Br)s2)C[C@@H]1C. The van der Waals surface area contributed by atoms with Gasteiger partial charge in [0, 0.05) is 0 Å². The Morgan fingerprint density at radius 2 is 2.33 bits per heavy atom. The fraction of sp³-hybridized carbons (Fsp3) is 0.733. The van der Waals surface area contributed by atoms with Gasteiger partial charge in [-0.3, -0.25) is 4.79 Å². The summed E-state index contributed by atoms with van der Waals surface area (Å²) in [6.07, 6.45) is 4.13. The summed E-state index contributed by atoms with van der Waals surface area (Å²) in [5.74, 6) is 0.203. The van der Waals surface area contributed by atoms with Gasteiger partial charge >= 0.3 is 5.97 Å². The van der Waals surface area contributed by atoms with Crippen LogP contribution in [0.5, 0.6) is 0 Å². The lowest BCUT2D eigenvalue weighted by Crippen LogP contribution is -2.39. The highest BCUT2D eigenvalue weighted by Crippen LogP contribution is 2.44. The van der Waals surface area contributed by atoms with Crippen molar-refractivity contribution in [3.8, 4) is 0 Å². The van der Waals surface area contributed by atoms with Crippen LogP contribution in [0.15, 0.2) is 9.98 Å². The topological polar surface area (TPSA) is 59.4 Å². The van der Waals surface area contributed by atoms with Crippen molar-refractivity contribution >= 4 is 33.2 Å². The Labute approximate surface area is 138 Å². The molecule has 0 amide bonds. The molecule has 2 rings (SSSR count). The number of carbonyl (C=O) groups excluding carboxylic acids is 1. The van der Waals surface area contributed by atoms with E-state index in [-0.39, 0.29) is 23.7 Å². The molecule has 0 aliphatic heterocycles. The molecule has 0 aromatic carbocycles. The first-order valence-electron chi connectivity index (χ1n) is 7.37. The van der Waals surface area contributed by atoms with E-state index in [2.05, 4.69) is 27.8 Å². The summed E-state index contributed by atoms with van der Waals surface area (Å²) >= 11 is 4.86. The predicted octanol–water partition coefficient (Wildman–Crippen LogP) is 3.73. The molecule has 118 valence electrons. The monoisotopic (exact) mass is 375 g/mol. The van der Waals surface area contributed by atoms with E-state index in [1.54, 1.807) is 6.20 Å². The summed E-state index contributed by atoms with van der Waals surface area (Å²) in [5.41, 5.74) is -0.940. The Kier molecular flexibility index (Phi) is 5.43. The molecule has 0 saturated heterocycles. The van der Waals surface area contributed by atoms with Crippen LogP contribution < -0.4 is 0 Å². The van der Waals surface area contributed by atoms with Crippen molar-refractivity contribution < 1.29 is 14.6 Å². The fourth-order valence-corrected chi connectivity index (χ4v) is 4.50. The van der Waals surface area contributed by atoms with E-state index in [0.29, 0.717) is 6.61 Å². The van der Waals surface area contributed by atoms with E-state index < -0.39 is 5.60 Å². The maximum absolute atomic E-state index is 11.9. The minimum absolute atomic E-state index is 0.0416. The van der Waals surface area contributed by atoms with E-state index in [1.807, 2.05) is 13.8 Å². The number of ether oxygens (including phenoxy) is 1. The summed E-state index contributed by atoms with van der Waals surface area (Å²) in [4.78, 5) is 16.2. The maximum atomic E-state index is 11.9. The third kappa shape index (κ3) is 3.66. The fourth-order valence-electron chi connectivity index (χ4n) is 3.17. The molecule has 6 heteroatoms. The first-order chi connectivity index (χ1) is 9.86. The lowest BCUT2D eigenvalue weighted by Gasteiger charge is -2.39. The van der Waals surface area contributed by atoms with Gasteiger partial charge in [-0.2, -0.15) is 0 Å². The average Bonchev–Trinajstić information content (AvgIpc) is 2.86. The van der Waals surface area contributed by atoms with Gasteiger partial charge in [0.15, 0.2) is 0 Å². The quantitative estimate of drug-likeness (QED) is 0.814. The van der Waals surface area contributed by atoms with Crippen LogP contribution in [0, 0.1) is 17.8 Å². The van der Waals surface area contributed by atoms with E-state index in [9.17, 15) is 9.90 Å². The number of rotatable bonds is 4. The molecule has 1 unspecified atom stereocenters. The minimum atomic E-state index is -0.940. The number of halogens is 1. The van der Waals surface area contributed by atoms with Crippen molar-refractivity contribution in [1.82, 2.24) is 4.98 Å². The number of hydrogen-bond donors (Lipinski definition) is 1. The molecular weight excluding hydrogens is 354 g/mol. The zero-order valence-corrected chi connectivity index (χ0v) is 15.0. The summed E-state index contributed by atoms with van der Waals surface area (Å²) in [5, 5.41) is 11.6. The van der Waals surface area contributed by atoms with E-state index in [0.717, 1.165) is 28.1 Å². The Morgan fingerprint density at radius 3 is 2.86 bits per heavy atom. The summed E-state index contributed by atoms with van der Waals surface area (Å²) < 4.78 is 6.06. The molecule has 4 nitrogen and oxygen atoms in total. The lowest BCUT2D eigenvalue weighted by molar-refractivity contribution is -0.153. The number of carbonyl (C=O) groups is 1. The van der Waals surface area contributed by atoms with Crippen LogP contribution in [0.3, 0.4) is 0 Å². The standard InChI is InChI=1S/C15H22BrNO3S/c1-4-20-13(18)11-6-5-10(7-9(11)2)15(3,19)14-17-8-12(16)21-14/h8-11,19H,4-7H2,1-3H3/t9-,10?,11+,15+/m0/s1. The van der Waals surface area contributed by atoms with E-state index in [4.69, 9.17) is 4.74 Å². The minimum Gasteiger partial charge on any atom is -0.466 e. The highest BCUT2D eigenvalue weighted by Gasteiger charge is 2.43. The van der Waals surface area contributed by atoms with Gasteiger partial charge in [-0.1, -0.05) is 6.92 Å². The Morgan fingerprint density at radius 1 is 1.62 bits per heavy atom. The Hall–Kier alpha value is -0.460. The van der Waals surface area contributed by atoms with Crippen LogP contribution in [-0.2, 0) is 15.1 Å². The first-order valence-corrected chi connectivity index (χ1v) is 8.98. The molecule has 1 aliphatic rings. The number of aliphatic hydroxyl groups is 1. The zero-order valence-electron chi connectivity index (χ0n) is 12.6. The van der Waals surface area contributed by atoms with Crippen molar-refractivity contribution in [2.24, 2.45) is 17.8 Å². The van der Waals surface area contributed by atoms with Gasteiger partial charge in [-0.25, -0.2) is 4.98 Å². The van der Waals surface area contributed by atoms with Crippen molar-refractivity contribution in [1.29, 1.82) is 0 Å². The predicted molar refractivity (Wildman–Crippen MR) is 86.0 cm³/mol. The summed E-state index contributed by atoms with van der Waals surface area (Å²) in [6.45, 7) is 6.16. The molecule has 0 spiro atoms. The van der Waals surface area contributed by atoms with Gasteiger partial charge in [0.05, 0.1) is 22.5 Å². The number of aromatic nitrogens is 1. The molecule has 1 heterocycles. The number of thiazole rings is 1. The van der Waals surface area contributed by atoms with Gasteiger partial charge in [0.25, 0.3) is 0 Å². The first kappa shape index (κ1) is 16.9. The second-order valence-corrected chi connectivity index (χ2v) is 8.37. The molecule has 1 N–H and O–H groups in total. The summed E-state index contributed by atoms with van der Waals surface area (Å²) in [6, 6.07) is 0. The van der Waals surface area contributed by atoms with E-state index >= 15 is 0 Å². The molecule has 4 atom stereocenters. The Balaban J connectivity index is 2.06. The van der Waals surface area contributed by atoms with Crippen molar-refractivity contribution in [2.75, 3.05) is 6.61 Å². The van der Waals surface area contributed by atoms with E-state index in [1.165, 1.54) is 11.3 Å². The van der Waals surface area contributed by atoms with Crippen molar-refractivity contribution in [3.63, 3.8) is 0 Å². The van der Waals surface area contributed by atoms with Gasteiger partial charge in [0.2, 0.25) is 0 Å². The number of esters is 1. The van der Waals surface area contributed by atoms with Gasteiger partial charge in [0.1, 0.15) is 10.6 Å². The molecule has 1 aliphatic carbocycles. The smallest absolute Gasteiger partial charge is 0.309 e. The number of nitrogens with zero attached hydrogens (tertiary/aromatic N) is 1. The van der Waals surface area contributed by atoms with Crippen LogP contribution in [0.2, 0.25) is 0 Å². The molecule has 0 radical (unpaired) electrons. The molecule has 0 bridgehead atoms. The third-order valence-corrected chi connectivity index (χ3v) is 6.17. The number of hydrogen-bond acceptors (Lipinski definition) is 5. The van der Waals surface area contributed by atoms with Crippen LogP contribution in [0.25, 0.3) is 0 Å². The largest absolute Gasteiger partial charge is 0.466 e. The molecular formula is C15H22BrNO3S. The second-order valence-electron chi connectivity index (χ2n) is 5.96. The van der Waals surface area contributed by atoms with Gasteiger partial charge in [-0.05, 0) is 60.9 Å². The summed E-state index contributed by atoms with van der Waals surface area (Å²) in [7, 11) is 0. The maximum Gasteiger partial charge on any atom is 0.309 e. The molecule has 21 heavy (non-hydrogen) atoms. The second kappa shape index (κ2) is 6.75. The Bertz CT molecular complexity index is 503. The normalized spacial score (nSPS) is 28.9. The van der Waals surface area contributed by atoms with Crippen LogP contribution in [0.4, 0.5) is 0 Å². The van der Waals surface area contributed by atoms with Gasteiger partial charge in [-0.15, -0.1) is 11.3 Å². The molecule has 1 aromatic rings. The third-order valence-electron chi connectivity index (χ3n) is 4.46. The van der Waals surface area contributed by atoms with Crippen LogP contribution in [-0.4, -0.2) is 22.7 Å². The van der Waals surface area contributed by atoms with Gasteiger partial charge < -0.3 is 9.84 Å². The average molecular weight is 376 g/mol. The van der Waals surface area contributed by atoms with Crippen molar-refractivity contribution in [3.05, 3.63) is 15.0 Å². The molecule has 1 fully saturated rings. The molecule has 1 saturated carbocycles. The van der Waals surface area contributed by atoms with Crippen LogP contribution >= 0.6 is 27.3 Å². The lowest BCUT2D eigenvalue weighted by atomic mass is 9.69. The van der Waals surface area contributed by atoms with Crippen molar-refractivity contribution in [2.45, 2.75) is 45.6 Å².